The highest BCUT2D eigenvalue weighted by Crippen LogP contribution is 2.48. The summed E-state index contributed by atoms with van der Waals surface area (Å²) in [5, 5.41) is 0. The molecule has 0 amide bonds. The van der Waals surface area contributed by atoms with Gasteiger partial charge in [-0.3, -0.25) is 0 Å². The lowest BCUT2D eigenvalue weighted by molar-refractivity contribution is -0.902. The lowest BCUT2D eigenvalue weighted by atomic mass is 9.90. The second-order valence-electron chi connectivity index (χ2n) is 18.1. The minimum absolute atomic E-state index is 0.0256. The van der Waals surface area contributed by atoms with Crippen LogP contribution in [0.1, 0.15) is 167 Å². The molecule has 1 atom stereocenters. The van der Waals surface area contributed by atoms with Crippen LogP contribution in [0.15, 0.2) is 48.5 Å². The Morgan fingerprint density at radius 3 is 0.971 bits per heavy atom. The molecule has 0 aliphatic heterocycles. The van der Waals surface area contributed by atoms with Gasteiger partial charge in [-0.05, 0) is 55.0 Å². The Morgan fingerprint density at radius 2 is 0.686 bits per heavy atom. The monoisotopic (exact) mass is 1040 g/mol. The molecule has 396 valence electrons. The molecule has 0 bridgehead atoms. The van der Waals surface area contributed by atoms with E-state index in [0.29, 0.717) is 12.8 Å². The van der Waals surface area contributed by atoms with Gasteiger partial charge in [-0.1, -0.05) is 110 Å². The van der Waals surface area contributed by atoms with Crippen molar-refractivity contribution in [3.63, 3.8) is 0 Å². The summed E-state index contributed by atoms with van der Waals surface area (Å²) in [5.41, 5.74) is -13.5. The van der Waals surface area contributed by atoms with E-state index in [4.69, 9.17) is 14.0 Å². The summed E-state index contributed by atoms with van der Waals surface area (Å²) in [7, 11) is 0.790. The maximum atomic E-state index is 15.0. The van der Waals surface area contributed by atoms with Crippen LogP contribution in [0, 0.1) is 0 Å². The summed E-state index contributed by atoms with van der Waals surface area (Å²) in [6.45, 7) is 2.17. The van der Waals surface area contributed by atoms with Crippen LogP contribution in [0.4, 0.5) is 79.0 Å². The number of nitrogens with zero attached hydrogens (tertiary/aromatic N) is 1. The largest absolute Gasteiger partial charge is 0.864 e. The van der Waals surface area contributed by atoms with E-state index in [-0.39, 0.29) is 49.2 Å². The van der Waals surface area contributed by atoms with Crippen molar-refractivity contribution in [2.24, 2.45) is 0 Å². The molecule has 3 aromatic carbocycles. The highest BCUT2D eigenvalue weighted by molar-refractivity contribution is 6.39. The first-order valence-corrected chi connectivity index (χ1v) is 22.8. The van der Waals surface area contributed by atoms with Crippen LogP contribution in [-0.2, 0) is 37.1 Å². The topological polar surface area (TPSA) is 27.7 Å². The summed E-state index contributed by atoms with van der Waals surface area (Å²) >= 11 is 0. The minimum Gasteiger partial charge on any atom is -0.490 e. The molecule has 0 fully saturated rings. The maximum absolute atomic E-state index is 15.0. The summed E-state index contributed by atoms with van der Waals surface area (Å²) in [6, 6.07) is -3.18. The van der Waals surface area contributed by atoms with Gasteiger partial charge in [0.2, 0.25) is 0 Å². The molecule has 0 aliphatic carbocycles. The molecular formula is C47H57BF18NO3+. The van der Waals surface area contributed by atoms with Crippen LogP contribution < -0.4 is 14.0 Å². The van der Waals surface area contributed by atoms with Gasteiger partial charge in [0.1, 0.15) is 23.3 Å². The van der Waals surface area contributed by atoms with Gasteiger partial charge in [0.25, 0.3) is 0 Å². The molecule has 4 nitrogen and oxygen atoms in total. The van der Waals surface area contributed by atoms with Crippen molar-refractivity contribution in [2.75, 3.05) is 21.1 Å². The SMILES string of the molecule is CCCCCCCCCCCCCCCCCCCC(c1c(OB(Oc2cc(C(F)(F)F)cc(C(F)(F)F)c2)Oc2cc(C(F)(F)F)cc(C(F)(F)F)c2)cc(C(F)(F)F)cc1C(F)(F)F)[N+](C)(C)C. The molecule has 0 aromatic heterocycles. The Labute approximate surface area is 395 Å². The molecule has 23 heteroatoms. The fourth-order valence-electron chi connectivity index (χ4n) is 7.83. The fraction of sp³-hybridized carbons (Fsp3) is 0.617. The van der Waals surface area contributed by atoms with Crippen molar-refractivity contribution in [3.8, 4) is 17.2 Å². The molecular weight excluding hydrogens is 979 g/mol. The molecule has 0 radical (unpaired) electrons. The minimum atomic E-state index is -5.64. The van der Waals surface area contributed by atoms with Crippen LogP contribution in [-0.4, -0.2) is 32.9 Å². The van der Waals surface area contributed by atoms with Crippen molar-refractivity contribution in [1.82, 2.24) is 0 Å². The second kappa shape index (κ2) is 25.0. The van der Waals surface area contributed by atoms with Gasteiger partial charge in [0.15, 0.2) is 0 Å². The third kappa shape index (κ3) is 19.8. The number of halogens is 18. The van der Waals surface area contributed by atoms with Gasteiger partial charge in [0, 0.05) is 6.42 Å². The van der Waals surface area contributed by atoms with E-state index in [1.54, 1.807) is 0 Å². The van der Waals surface area contributed by atoms with Crippen LogP contribution in [0.2, 0.25) is 0 Å². The number of hydrogen-bond acceptors (Lipinski definition) is 3. The zero-order valence-electron chi connectivity index (χ0n) is 39.0. The van der Waals surface area contributed by atoms with Gasteiger partial charge < -0.3 is 18.4 Å². The standard InChI is InChI=1S/C47H57BF18NO3/c1-5-6-7-8-9-10-11-12-13-14-15-16-17-18-19-20-21-22-39(67(2,3)4)41-38(47(64,65)66)29-35(46(61,62)63)30-40(41)70-48(68-36-25-31(42(49,50)51)23-32(26-36)43(52,53)54)69-37-27-33(44(55,56)57)24-34(28-37)45(58,59)60/h23-30,39H,5-22H2,1-4H3/q+1. The first kappa shape index (κ1) is 60.1. The first-order valence-electron chi connectivity index (χ1n) is 22.8. The molecule has 0 heterocycles. The Balaban J connectivity index is 2.06. The summed E-state index contributed by atoms with van der Waals surface area (Å²) in [4.78, 5) is 0. The number of rotatable bonds is 26. The Hall–Kier alpha value is -4.18. The zero-order valence-corrected chi connectivity index (χ0v) is 39.0. The van der Waals surface area contributed by atoms with Gasteiger partial charge in [-0.15, -0.1) is 0 Å². The third-order valence-corrected chi connectivity index (χ3v) is 11.4. The van der Waals surface area contributed by atoms with Crippen LogP contribution in [0.3, 0.4) is 0 Å². The van der Waals surface area contributed by atoms with Gasteiger partial charge >= 0.3 is 44.4 Å². The molecule has 1 unspecified atom stereocenters. The second-order valence-corrected chi connectivity index (χ2v) is 18.1. The van der Waals surface area contributed by atoms with Gasteiger partial charge in [0.05, 0.1) is 60.1 Å². The molecule has 0 saturated heterocycles. The molecule has 0 aliphatic rings. The summed E-state index contributed by atoms with van der Waals surface area (Å²) in [6.07, 6.45) is -17.1. The van der Waals surface area contributed by atoms with Crippen LogP contribution in [0.25, 0.3) is 0 Å². The highest BCUT2D eigenvalue weighted by atomic mass is 19.4. The van der Waals surface area contributed by atoms with Crippen molar-refractivity contribution in [2.45, 2.75) is 166 Å². The van der Waals surface area contributed by atoms with E-state index in [9.17, 15) is 65.9 Å². The van der Waals surface area contributed by atoms with E-state index in [1.165, 1.54) is 66.1 Å². The van der Waals surface area contributed by atoms with E-state index in [2.05, 4.69) is 6.92 Å². The van der Waals surface area contributed by atoms with Gasteiger partial charge in [-0.25, -0.2) is 0 Å². The number of hydrogen-bond donors (Lipinski definition) is 0. The number of benzene rings is 3. The average molecular weight is 1040 g/mol. The molecule has 3 rings (SSSR count). The molecule has 3 aromatic rings. The summed E-state index contributed by atoms with van der Waals surface area (Å²) in [5.74, 6) is -4.62. The Bertz CT molecular complexity index is 1930. The lowest BCUT2D eigenvalue weighted by Gasteiger charge is -2.37. The predicted molar refractivity (Wildman–Crippen MR) is 227 cm³/mol. The van der Waals surface area contributed by atoms with Crippen LogP contribution in [0.5, 0.6) is 17.2 Å². The van der Waals surface area contributed by atoms with E-state index < -0.39 is 123 Å². The lowest BCUT2D eigenvalue weighted by Crippen LogP contribution is -2.42. The highest BCUT2D eigenvalue weighted by Gasteiger charge is 2.47. The molecule has 70 heavy (non-hydrogen) atoms. The summed E-state index contributed by atoms with van der Waals surface area (Å²) < 4.78 is 269. The maximum Gasteiger partial charge on any atom is 0.864 e. The number of alkyl halides is 18. The Morgan fingerprint density at radius 1 is 0.386 bits per heavy atom. The van der Waals surface area contributed by atoms with Crippen LogP contribution >= 0.6 is 0 Å². The fourth-order valence-corrected chi connectivity index (χ4v) is 7.83. The molecule has 0 spiro atoms. The zero-order chi connectivity index (χ0) is 52.9. The van der Waals surface area contributed by atoms with Crippen molar-refractivity contribution < 1.29 is 97.5 Å². The molecule has 0 saturated carbocycles. The predicted octanol–water partition coefficient (Wildman–Crippen LogP) is 18.1. The smallest absolute Gasteiger partial charge is 0.490 e. The van der Waals surface area contributed by atoms with E-state index >= 15 is 13.2 Å². The molecule has 0 N–H and O–H groups in total. The quantitative estimate of drug-likeness (QED) is 0.0347. The van der Waals surface area contributed by atoms with E-state index in [0.717, 1.165) is 44.9 Å². The number of quaternary nitrogens is 1. The first-order chi connectivity index (χ1) is 32.1. The normalized spacial score (nSPS) is 13.7. The number of unbranched alkanes of at least 4 members (excludes halogenated alkanes) is 16. The van der Waals surface area contributed by atoms with Crippen molar-refractivity contribution >= 4 is 7.32 Å². The third-order valence-electron chi connectivity index (χ3n) is 11.4. The van der Waals surface area contributed by atoms with Crippen molar-refractivity contribution in [1.29, 1.82) is 0 Å². The Kier molecular flexibility index (Phi) is 21.5. The van der Waals surface area contributed by atoms with Gasteiger partial charge in [-0.2, -0.15) is 79.0 Å². The van der Waals surface area contributed by atoms with Crippen molar-refractivity contribution in [3.05, 3.63) is 87.5 Å². The van der Waals surface area contributed by atoms with E-state index in [1.807, 2.05) is 0 Å². The average Bonchev–Trinajstić information content (AvgIpc) is 3.20.